The van der Waals surface area contributed by atoms with E-state index in [1.165, 1.54) is 7.11 Å². The molecule has 0 bridgehead atoms. The monoisotopic (exact) mass is 404 g/mol. The molecule has 0 N–H and O–H groups in total. The Morgan fingerprint density at radius 3 is 2.29 bits per heavy atom. The van der Waals surface area contributed by atoms with Gasteiger partial charge in [0, 0.05) is 30.0 Å². The number of methoxy groups -OCH3 is 1. The molecule has 1 aromatic heterocycles. The first kappa shape index (κ1) is 22.0. The summed E-state index contributed by atoms with van der Waals surface area (Å²) in [6.45, 7) is 9.10. The van der Waals surface area contributed by atoms with E-state index in [4.69, 9.17) is 16.3 Å². The molecule has 1 heterocycles. The van der Waals surface area contributed by atoms with E-state index < -0.39 is 0 Å². The van der Waals surface area contributed by atoms with E-state index in [9.17, 15) is 9.59 Å². The summed E-state index contributed by atoms with van der Waals surface area (Å²) in [5.74, 6) is -0.656. The number of alkyl halides is 1. The zero-order valence-corrected chi connectivity index (χ0v) is 18.0. The largest absolute Gasteiger partial charge is 0.469 e. The smallest absolute Gasteiger partial charge is 0.308 e. The van der Waals surface area contributed by atoms with Gasteiger partial charge in [0.2, 0.25) is 5.91 Å². The topological polar surface area (TPSA) is 51.5 Å². The third kappa shape index (κ3) is 4.76. The van der Waals surface area contributed by atoms with Gasteiger partial charge in [-0.2, -0.15) is 0 Å². The quantitative estimate of drug-likeness (QED) is 0.488. The summed E-state index contributed by atoms with van der Waals surface area (Å²) in [5.41, 5.74) is 5.03. The first-order valence-corrected chi connectivity index (χ1v) is 10.0. The number of para-hydroxylation sites is 1. The zero-order valence-electron chi connectivity index (χ0n) is 17.3. The molecule has 28 heavy (non-hydrogen) atoms. The summed E-state index contributed by atoms with van der Waals surface area (Å²) in [6.07, 6.45) is 0.591. The lowest BCUT2D eigenvalue weighted by molar-refractivity contribution is -0.144. The van der Waals surface area contributed by atoms with Gasteiger partial charge in [0.1, 0.15) is 5.88 Å². The number of hydrogen-bond acceptors (Lipinski definition) is 3. The van der Waals surface area contributed by atoms with Crippen LogP contribution in [0.2, 0.25) is 0 Å². The normalized spacial score (nSPS) is 11.9. The van der Waals surface area contributed by atoms with Gasteiger partial charge in [0.15, 0.2) is 0 Å². The van der Waals surface area contributed by atoms with E-state index in [0.29, 0.717) is 13.0 Å². The van der Waals surface area contributed by atoms with E-state index in [-0.39, 0.29) is 23.7 Å². The first-order valence-electron chi connectivity index (χ1n) is 9.51. The van der Waals surface area contributed by atoms with Gasteiger partial charge in [-0.3, -0.25) is 9.59 Å². The maximum atomic E-state index is 12.7. The number of nitrogens with zero attached hydrogens (tertiary/aromatic N) is 2. The summed E-state index contributed by atoms with van der Waals surface area (Å²) in [4.78, 5) is 26.2. The summed E-state index contributed by atoms with van der Waals surface area (Å²) >= 11 is 5.92. The lowest BCUT2D eigenvalue weighted by atomic mass is 10.1. The van der Waals surface area contributed by atoms with E-state index in [0.717, 1.165) is 34.7 Å². The highest BCUT2D eigenvalue weighted by atomic mass is 35.5. The number of anilines is 1. The number of carbonyl (C=O) groups is 2. The Labute approximate surface area is 172 Å². The Bertz CT molecular complexity index is 824. The maximum absolute atomic E-state index is 12.7. The summed E-state index contributed by atoms with van der Waals surface area (Å²) in [7, 11) is 1.41. The fourth-order valence-corrected chi connectivity index (χ4v) is 3.78. The highest BCUT2D eigenvalue weighted by Crippen LogP contribution is 2.27. The van der Waals surface area contributed by atoms with Gasteiger partial charge in [-0.25, -0.2) is 0 Å². The van der Waals surface area contributed by atoms with Crippen LogP contribution in [0, 0.1) is 19.8 Å². The number of aryl methyl sites for hydroxylation is 2. The Kier molecular flexibility index (Phi) is 7.69. The fourth-order valence-electron chi connectivity index (χ4n) is 3.63. The average molecular weight is 405 g/mol. The minimum atomic E-state index is -0.225. The number of halogens is 1. The molecule has 2 aromatic rings. The van der Waals surface area contributed by atoms with Crippen LogP contribution in [-0.4, -0.2) is 29.4 Å². The molecule has 0 aliphatic rings. The van der Waals surface area contributed by atoms with Crippen LogP contribution in [0.25, 0.3) is 0 Å². The summed E-state index contributed by atoms with van der Waals surface area (Å²) in [5, 5.41) is 0. The van der Waals surface area contributed by atoms with Crippen LogP contribution >= 0.6 is 11.6 Å². The molecule has 5 nitrogen and oxygen atoms in total. The van der Waals surface area contributed by atoms with Crippen LogP contribution in [0.4, 0.5) is 5.69 Å². The highest BCUT2D eigenvalue weighted by Gasteiger charge is 2.22. The molecule has 1 aromatic carbocycles. The number of benzene rings is 1. The SMILES string of the molecule is CCn1c(CC(C)C(=O)OC)ccc1CN(C(=O)CCl)c1c(C)cccc1C. The molecule has 1 amide bonds. The molecule has 0 aliphatic carbocycles. The van der Waals surface area contributed by atoms with Gasteiger partial charge >= 0.3 is 5.97 Å². The maximum Gasteiger partial charge on any atom is 0.308 e. The van der Waals surface area contributed by atoms with Crippen LogP contribution in [0.15, 0.2) is 30.3 Å². The van der Waals surface area contributed by atoms with Crippen molar-refractivity contribution in [1.82, 2.24) is 4.57 Å². The molecule has 0 aliphatic heterocycles. The molecule has 6 heteroatoms. The molecular weight excluding hydrogens is 376 g/mol. The summed E-state index contributed by atoms with van der Waals surface area (Å²) < 4.78 is 7.00. The van der Waals surface area contributed by atoms with Gasteiger partial charge < -0.3 is 14.2 Å². The Balaban J connectivity index is 2.38. The van der Waals surface area contributed by atoms with E-state index in [1.54, 1.807) is 4.90 Å². The van der Waals surface area contributed by atoms with Gasteiger partial charge in [0.25, 0.3) is 0 Å². The number of esters is 1. The fraction of sp³-hybridized carbons (Fsp3) is 0.455. The summed E-state index contributed by atoms with van der Waals surface area (Å²) in [6, 6.07) is 10.0. The number of ether oxygens (including phenoxy) is 1. The molecule has 2 rings (SSSR count). The van der Waals surface area contributed by atoms with Crippen molar-refractivity contribution in [3.05, 3.63) is 52.8 Å². The second-order valence-corrected chi connectivity index (χ2v) is 7.31. The molecule has 152 valence electrons. The van der Waals surface area contributed by atoms with Crippen LogP contribution in [-0.2, 0) is 33.8 Å². The van der Waals surface area contributed by atoms with Crippen molar-refractivity contribution in [2.24, 2.45) is 5.92 Å². The second-order valence-electron chi connectivity index (χ2n) is 7.04. The van der Waals surface area contributed by atoms with Crippen LogP contribution in [0.3, 0.4) is 0 Å². The zero-order chi connectivity index (χ0) is 20.8. The molecule has 0 radical (unpaired) electrons. The molecule has 0 saturated carbocycles. The lowest BCUT2D eigenvalue weighted by Crippen LogP contribution is -2.33. The number of rotatable bonds is 8. The third-order valence-electron chi connectivity index (χ3n) is 5.04. The minimum absolute atomic E-state index is 0.0765. The Morgan fingerprint density at radius 2 is 1.75 bits per heavy atom. The van der Waals surface area contributed by atoms with E-state index in [1.807, 2.05) is 51.1 Å². The molecule has 0 spiro atoms. The van der Waals surface area contributed by atoms with Gasteiger partial charge in [0.05, 0.1) is 19.6 Å². The third-order valence-corrected chi connectivity index (χ3v) is 5.27. The molecule has 0 fully saturated rings. The van der Waals surface area contributed by atoms with Crippen molar-refractivity contribution in [3.63, 3.8) is 0 Å². The number of carbonyl (C=O) groups excluding carboxylic acids is 2. The van der Waals surface area contributed by atoms with E-state index in [2.05, 4.69) is 11.5 Å². The van der Waals surface area contributed by atoms with Crippen LogP contribution < -0.4 is 4.90 Å². The predicted molar refractivity (Wildman–Crippen MR) is 113 cm³/mol. The lowest BCUT2D eigenvalue weighted by Gasteiger charge is -2.26. The van der Waals surface area contributed by atoms with Crippen LogP contribution in [0.1, 0.15) is 36.4 Å². The number of amides is 1. The number of hydrogen-bond donors (Lipinski definition) is 0. The Morgan fingerprint density at radius 1 is 1.14 bits per heavy atom. The molecule has 1 unspecified atom stereocenters. The molecule has 1 atom stereocenters. The first-order chi connectivity index (χ1) is 13.3. The van der Waals surface area contributed by atoms with Gasteiger partial charge in [-0.05, 0) is 44.0 Å². The van der Waals surface area contributed by atoms with E-state index >= 15 is 0 Å². The van der Waals surface area contributed by atoms with Gasteiger partial charge in [-0.15, -0.1) is 11.6 Å². The standard InChI is InChI=1S/C22H29ClN2O3/c1-6-24-18(12-17(4)22(27)28-5)10-11-19(24)14-25(20(26)13-23)21-15(2)8-7-9-16(21)3/h7-11,17H,6,12-14H2,1-5H3. The van der Waals surface area contributed by atoms with Crippen LogP contribution in [0.5, 0.6) is 0 Å². The molecule has 0 saturated heterocycles. The average Bonchev–Trinajstić information content (AvgIpc) is 3.06. The predicted octanol–water partition coefficient (Wildman–Crippen LogP) is 4.25. The highest BCUT2D eigenvalue weighted by molar-refractivity contribution is 6.29. The Hall–Kier alpha value is -2.27. The number of aromatic nitrogens is 1. The van der Waals surface area contributed by atoms with Crippen molar-refractivity contribution < 1.29 is 14.3 Å². The van der Waals surface area contributed by atoms with Gasteiger partial charge in [-0.1, -0.05) is 25.1 Å². The van der Waals surface area contributed by atoms with Crippen molar-refractivity contribution in [3.8, 4) is 0 Å². The van der Waals surface area contributed by atoms with Crippen molar-refractivity contribution >= 4 is 29.2 Å². The molecular formula is C22H29ClN2O3. The van der Waals surface area contributed by atoms with Crippen molar-refractivity contribution in [1.29, 1.82) is 0 Å². The van der Waals surface area contributed by atoms with Crippen molar-refractivity contribution in [2.75, 3.05) is 17.9 Å². The minimum Gasteiger partial charge on any atom is -0.469 e. The van der Waals surface area contributed by atoms with Crippen molar-refractivity contribution in [2.45, 2.75) is 47.2 Å². The second kappa shape index (κ2) is 9.78.